The van der Waals surface area contributed by atoms with Gasteiger partial charge in [-0.05, 0) is 50.2 Å². The minimum Gasteiger partial charge on any atom is -0.358 e. The number of hydrogen-bond donors (Lipinski definition) is 2. The van der Waals surface area contributed by atoms with Crippen molar-refractivity contribution < 1.29 is 4.79 Å². The van der Waals surface area contributed by atoms with Crippen molar-refractivity contribution in [3.05, 3.63) is 60.7 Å². The van der Waals surface area contributed by atoms with Crippen molar-refractivity contribution in [1.82, 2.24) is 10.6 Å². The molecular formula is C19H25N3O. The number of nitrogens with zero attached hydrogens (tertiary/aromatic N) is 1. The first-order chi connectivity index (χ1) is 11.3. The highest BCUT2D eigenvalue weighted by Crippen LogP contribution is 2.24. The molecule has 2 aromatic carbocycles. The summed E-state index contributed by atoms with van der Waals surface area (Å²) < 4.78 is 0. The topological polar surface area (TPSA) is 44.4 Å². The van der Waals surface area contributed by atoms with E-state index in [9.17, 15) is 4.79 Å². The first-order valence-corrected chi connectivity index (χ1v) is 8.10. The number of amides is 1. The molecule has 0 aliphatic carbocycles. The van der Waals surface area contributed by atoms with Crippen molar-refractivity contribution >= 4 is 17.3 Å². The van der Waals surface area contributed by atoms with E-state index >= 15 is 0 Å². The number of para-hydroxylation sites is 2. The van der Waals surface area contributed by atoms with E-state index in [1.165, 1.54) is 25.9 Å². The van der Waals surface area contributed by atoms with Crippen LogP contribution in [-0.2, 0) is 4.79 Å². The van der Waals surface area contributed by atoms with Crippen molar-refractivity contribution in [2.24, 2.45) is 0 Å². The molecule has 4 heteroatoms. The fourth-order valence-corrected chi connectivity index (χ4v) is 2.40. The van der Waals surface area contributed by atoms with Gasteiger partial charge in [-0.3, -0.25) is 4.79 Å². The van der Waals surface area contributed by atoms with Gasteiger partial charge in [-0.15, -0.1) is 0 Å². The standard InChI is InChI=1S/C15H16N2O.C4H9N/c1-16-15(18)12-17(13-8-4-2-5-9-13)14-10-6-3-7-11-14;1-2-4-5-3-1/h2-11H,12H2,1H3,(H,16,18);5H,1-4H2. The molecule has 3 rings (SSSR count). The maximum Gasteiger partial charge on any atom is 0.239 e. The summed E-state index contributed by atoms with van der Waals surface area (Å²) in [7, 11) is 1.65. The SMILES string of the molecule is C1CCNC1.CNC(=O)CN(c1ccccc1)c1ccccc1. The number of anilines is 2. The lowest BCUT2D eigenvalue weighted by molar-refractivity contribution is -0.119. The highest BCUT2D eigenvalue weighted by atomic mass is 16.1. The zero-order chi connectivity index (χ0) is 16.3. The third-order valence-electron chi connectivity index (χ3n) is 3.67. The Bertz CT molecular complexity index is 521. The molecule has 0 atom stereocenters. The van der Waals surface area contributed by atoms with Crippen molar-refractivity contribution in [2.45, 2.75) is 12.8 Å². The average Bonchev–Trinajstić information content (AvgIpc) is 3.21. The van der Waals surface area contributed by atoms with E-state index < -0.39 is 0 Å². The molecule has 1 heterocycles. The summed E-state index contributed by atoms with van der Waals surface area (Å²) in [5.41, 5.74) is 2.01. The Hall–Kier alpha value is -2.33. The van der Waals surface area contributed by atoms with E-state index in [0.29, 0.717) is 6.54 Å². The maximum atomic E-state index is 11.6. The number of nitrogens with one attached hydrogen (secondary N) is 2. The van der Waals surface area contributed by atoms with Gasteiger partial charge >= 0.3 is 0 Å². The minimum atomic E-state index is -0.0114. The molecule has 4 nitrogen and oxygen atoms in total. The number of benzene rings is 2. The molecule has 1 amide bonds. The Morgan fingerprint density at radius 1 is 0.957 bits per heavy atom. The molecule has 122 valence electrons. The van der Waals surface area contributed by atoms with E-state index in [1.54, 1.807) is 7.05 Å². The number of likely N-dealkylation sites (N-methyl/N-ethyl adjacent to an activating group) is 1. The minimum absolute atomic E-state index is 0.0114. The van der Waals surface area contributed by atoms with Gasteiger partial charge in [0, 0.05) is 18.4 Å². The number of hydrogen-bond acceptors (Lipinski definition) is 3. The molecule has 0 radical (unpaired) electrons. The molecule has 2 N–H and O–H groups in total. The zero-order valence-electron chi connectivity index (χ0n) is 13.7. The van der Waals surface area contributed by atoms with Crippen molar-refractivity contribution in [1.29, 1.82) is 0 Å². The predicted octanol–water partition coefficient (Wildman–Crippen LogP) is 2.94. The van der Waals surface area contributed by atoms with Crippen molar-refractivity contribution in [3.63, 3.8) is 0 Å². The number of carbonyl (C=O) groups excluding carboxylic acids is 1. The van der Waals surface area contributed by atoms with Gasteiger partial charge in [-0.2, -0.15) is 0 Å². The van der Waals surface area contributed by atoms with Crippen LogP contribution in [0.2, 0.25) is 0 Å². The Morgan fingerprint density at radius 2 is 1.43 bits per heavy atom. The lowest BCUT2D eigenvalue weighted by atomic mass is 10.2. The van der Waals surface area contributed by atoms with Crippen LogP contribution < -0.4 is 15.5 Å². The summed E-state index contributed by atoms with van der Waals surface area (Å²) in [4.78, 5) is 13.6. The van der Waals surface area contributed by atoms with Crippen molar-refractivity contribution in [3.8, 4) is 0 Å². The molecule has 23 heavy (non-hydrogen) atoms. The molecule has 0 bridgehead atoms. The highest BCUT2D eigenvalue weighted by Gasteiger charge is 2.11. The van der Waals surface area contributed by atoms with E-state index in [2.05, 4.69) is 10.6 Å². The van der Waals surface area contributed by atoms with Crippen LogP contribution in [0.25, 0.3) is 0 Å². The molecule has 0 spiro atoms. The summed E-state index contributed by atoms with van der Waals surface area (Å²) in [5, 5.41) is 5.88. The second-order valence-electron chi connectivity index (χ2n) is 5.39. The second-order valence-corrected chi connectivity index (χ2v) is 5.39. The molecule has 0 aromatic heterocycles. The van der Waals surface area contributed by atoms with Crippen LogP contribution in [0.1, 0.15) is 12.8 Å². The summed E-state index contributed by atoms with van der Waals surface area (Å²) in [5.74, 6) is -0.0114. The Labute approximate surface area is 138 Å². The zero-order valence-corrected chi connectivity index (χ0v) is 13.7. The van der Waals surface area contributed by atoms with Crippen LogP contribution >= 0.6 is 0 Å². The van der Waals surface area contributed by atoms with E-state index in [4.69, 9.17) is 0 Å². The summed E-state index contributed by atoms with van der Waals surface area (Å²) in [6.07, 6.45) is 2.78. The van der Waals surface area contributed by atoms with Gasteiger partial charge in [-0.1, -0.05) is 36.4 Å². The van der Waals surface area contributed by atoms with Crippen LogP contribution in [0.3, 0.4) is 0 Å². The second kappa shape index (κ2) is 9.64. The third kappa shape index (κ3) is 5.75. The van der Waals surface area contributed by atoms with E-state index in [0.717, 1.165) is 11.4 Å². The molecule has 1 saturated heterocycles. The first kappa shape index (κ1) is 17.0. The molecule has 1 aliphatic heterocycles. The van der Waals surface area contributed by atoms with Crippen LogP contribution in [0.15, 0.2) is 60.7 Å². The Morgan fingerprint density at radius 3 is 1.78 bits per heavy atom. The van der Waals surface area contributed by atoms with Gasteiger partial charge in [0.15, 0.2) is 0 Å². The lowest BCUT2D eigenvalue weighted by Gasteiger charge is -2.24. The summed E-state index contributed by atoms with van der Waals surface area (Å²) in [6.45, 7) is 2.81. The highest BCUT2D eigenvalue weighted by molar-refractivity contribution is 5.84. The molecule has 0 saturated carbocycles. The first-order valence-electron chi connectivity index (χ1n) is 8.10. The Balaban J connectivity index is 0.000000326. The van der Waals surface area contributed by atoms with Crippen LogP contribution in [-0.4, -0.2) is 32.6 Å². The fourth-order valence-electron chi connectivity index (χ4n) is 2.40. The van der Waals surface area contributed by atoms with Gasteiger partial charge in [-0.25, -0.2) is 0 Å². The smallest absolute Gasteiger partial charge is 0.239 e. The normalized spacial score (nSPS) is 12.9. The lowest BCUT2D eigenvalue weighted by Crippen LogP contribution is -2.32. The monoisotopic (exact) mass is 311 g/mol. The average molecular weight is 311 g/mol. The van der Waals surface area contributed by atoms with Gasteiger partial charge in [0.2, 0.25) is 5.91 Å². The molecule has 0 unspecified atom stereocenters. The largest absolute Gasteiger partial charge is 0.358 e. The quantitative estimate of drug-likeness (QED) is 0.912. The predicted molar refractivity (Wildman–Crippen MR) is 96.1 cm³/mol. The number of carbonyl (C=O) groups is 1. The van der Waals surface area contributed by atoms with Crippen LogP contribution in [0, 0.1) is 0 Å². The Kier molecular flexibility index (Phi) is 7.14. The molecule has 1 aliphatic rings. The van der Waals surface area contributed by atoms with Crippen LogP contribution in [0.5, 0.6) is 0 Å². The van der Waals surface area contributed by atoms with Crippen molar-refractivity contribution in [2.75, 3.05) is 31.6 Å². The summed E-state index contributed by atoms with van der Waals surface area (Å²) >= 11 is 0. The van der Waals surface area contributed by atoms with Gasteiger partial charge in [0.25, 0.3) is 0 Å². The molecule has 2 aromatic rings. The number of rotatable bonds is 4. The molecular weight excluding hydrogens is 286 g/mol. The summed E-state index contributed by atoms with van der Waals surface area (Å²) in [6, 6.07) is 19.8. The third-order valence-corrected chi connectivity index (χ3v) is 3.67. The van der Waals surface area contributed by atoms with E-state index in [1.807, 2.05) is 65.6 Å². The van der Waals surface area contributed by atoms with Gasteiger partial charge < -0.3 is 15.5 Å². The molecule has 1 fully saturated rings. The van der Waals surface area contributed by atoms with Crippen LogP contribution in [0.4, 0.5) is 11.4 Å². The maximum absolute atomic E-state index is 11.6. The fraction of sp³-hybridized carbons (Fsp3) is 0.316. The van der Waals surface area contributed by atoms with Gasteiger partial charge in [0.05, 0.1) is 0 Å². The van der Waals surface area contributed by atoms with Gasteiger partial charge in [0.1, 0.15) is 6.54 Å². The van der Waals surface area contributed by atoms with E-state index in [-0.39, 0.29) is 5.91 Å².